The summed E-state index contributed by atoms with van der Waals surface area (Å²) in [7, 11) is 0. The van der Waals surface area contributed by atoms with Crippen LogP contribution < -0.4 is 0 Å². The normalized spacial score (nSPS) is 10.8. The largest absolute Gasteiger partial charge is 0.477 e. The molecule has 0 saturated carbocycles. The molecular formula is C8H12N2O2S. The third kappa shape index (κ3) is 2.03. The van der Waals surface area contributed by atoms with E-state index in [1.807, 2.05) is 13.8 Å². The second-order valence-corrected chi connectivity index (χ2v) is 3.34. The van der Waals surface area contributed by atoms with E-state index < -0.39 is 5.97 Å². The van der Waals surface area contributed by atoms with Crippen LogP contribution in [-0.2, 0) is 5.75 Å². The first kappa shape index (κ1) is 10.1. The number of aromatic nitrogens is 2. The molecule has 0 fully saturated rings. The van der Waals surface area contributed by atoms with Crippen molar-refractivity contribution in [3.05, 3.63) is 17.5 Å². The van der Waals surface area contributed by atoms with Crippen molar-refractivity contribution in [3.8, 4) is 0 Å². The first-order valence-corrected chi connectivity index (χ1v) is 4.62. The number of carboxylic acids is 1. The van der Waals surface area contributed by atoms with Gasteiger partial charge in [-0.15, -0.1) is 0 Å². The topological polar surface area (TPSA) is 55.1 Å². The summed E-state index contributed by atoms with van der Waals surface area (Å²) in [5.74, 6) is -0.491. The first-order valence-electron chi connectivity index (χ1n) is 3.98. The van der Waals surface area contributed by atoms with Crippen LogP contribution in [0, 0.1) is 0 Å². The monoisotopic (exact) mass is 200 g/mol. The highest BCUT2D eigenvalue weighted by Gasteiger charge is 2.15. The first-order chi connectivity index (χ1) is 6.06. The van der Waals surface area contributed by atoms with E-state index >= 15 is 0 Å². The molecule has 0 bridgehead atoms. The van der Waals surface area contributed by atoms with Crippen molar-refractivity contribution in [1.29, 1.82) is 0 Å². The average molecular weight is 200 g/mol. The number of nitrogens with zero attached hydrogens (tertiary/aromatic N) is 2. The van der Waals surface area contributed by atoms with E-state index in [1.54, 1.807) is 6.07 Å². The third-order valence-electron chi connectivity index (χ3n) is 1.66. The molecule has 0 aliphatic heterocycles. The van der Waals surface area contributed by atoms with Gasteiger partial charge in [0, 0.05) is 11.8 Å². The van der Waals surface area contributed by atoms with E-state index in [2.05, 4.69) is 17.7 Å². The van der Waals surface area contributed by atoms with Gasteiger partial charge in [0.2, 0.25) is 0 Å². The van der Waals surface area contributed by atoms with Gasteiger partial charge in [-0.1, -0.05) is 0 Å². The van der Waals surface area contributed by atoms with Crippen LogP contribution in [-0.4, -0.2) is 20.9 Å². The molecule has 0 aromatic carbocycles. The molecule has 0 spiro atoms. The maximum Gasteiger partial charge on any atom is 0.354 e. The molecule has 0 radical (unpaired) electrons. The summed E-state index contributed by atoms with van der Waals surface area (Å²) in [6, 6.07) is 1.61. The number of aromatic carboxylic acids is 1. The van der Waals surface area contributed by atoms with E-state index in [9.17, 15) is 4.79 Å². The number of hydrogen-bond donors (Lipinski definition) is 2. The van der Waals surface area contributed by atoms with Crippen LogP contribution in [0.5, 0.6) is 0 Å². The fraction of sp³-hybridized carbons (Fsp3) is 0.500. The molecule has 0 unspecified atom stereocenters. The molecule has 0 saturated heterocycles. The lowest BCUT2D eigenvalue weighted by molar-refractivity contribution is 0.0681. The predicted octanol–water partition coefficient (Wildman–Crippen LogP) is 1.59. The molecule has 1 rings (SSSR count). The van der Waals surface area contributed by atoms with Gasteiger partial charge >= 0.3 is 5.97 Å². The lowest BCUT2D eigenvalue weighted by Gasteiger charge is -2.06. The van der Waals surface area contributed by atoms with Crippen LogP contribution in [0.1, 0.15) is 36.1 Å². The minimum Gasteiger partial charge on any atom is -0.477 e. The lowest BCUT2D eigenvalue weighted by atomic mass is 10.3. The van der Waals surface area contributed by atoms with Gasteiger partial charge in [-0.05, 0) is 19.9 Å². The van der Waals surface area contributed by atoms with Crippen molar-refractivity contribution in [3.63, 3.8) is 0 Å². The second-order valence-electron chi connectivity index (χ2n) is 3.02. The molecule has 0 atom stereocenters. The minimum absolute atomic E-state index is 0.0553. The number of carbonyl (C=O) groups is 1. The van der Waals surface area contributed by atoms with Crippen LogP contribution in [0.3, 0.4) is 0 Å². The summed E-state index contributed by atoms with van der Waals surface area (Å²) in [6.45, 7) is 3.78. The summed E-state index contributed by atoms with van der Waals surface area (Å²) in [6.07, 6.45) is 0. The van der Waals surface area contributed by atoms with Crippen molar-refractivity contribution in [1.82, 2.24) is 9.78 Å². The zero-order chi connectivity index (χ0) is 10.0. The summed E-state index contributed by atoms with van der Waals surface area (Å²) in [4.78, 5) is 10.8. The Labute approximate surface area is 82.0 Å². The van der Waals surface area contributed by atoms with Gasteiger partial charge in [-0.3, -0.25) is 4.68 Å². The van der Waals surface area contributed by atoms with Gasteiger partial charge in [-0.2, -0.15) is 17.7 Å². The smallest absolute Gasteiger partial charge is 0.354 e. The Hall–Kier alpha value is -0.970. The SMILES string of the molecule is CC(C)n1nc(CS)cc1C(=O)O. The minimum atomic E-state index is -0.950. The summed E-state index contributed by atoms with van der Waals surface area (Å²) in [5, 5.41) is 12.9. The average Bonchev–Trinajstić information content (AvgIpc) is 2.47. The Morgan fingerprint density at radius 1 is 1.77 bits per heavy atom. The van der Waals surface area contributed by atoms with Gasteiger partial charge in [-0.25, -0.2) is 4.79 Å². The molecule has 72 valence electrons. The highest BCUT2D eigenvalue weighted by atomic mass is 32.1. The Morgan fingerprint density at radius 2 is 2.38 bits per heavy atom. The predicted molar refractivity (Wildman–Crippen MR) is 52.3 cm³/mol. The number of rotatable bonds is 3. The van der Waals surface area contributed by atoms with E-state index in [1.165, 1.54) is 4.68 Å². The van der Waals surface area contributed by atoms with Crippen molar-refractivity contribution in [2.24, 2.45) is 0 Å². The molecule has 5 heteroatoms. The van der Waals surface area contributed by atoms with Gasteiger partial charge in [0.1, 0.15) is 5.69 Å². The van der Waals surface area contributed by atoms with Crippen molar-refractivity contribution < 1.29 is 9.90 Å². The summed E-state index contributed by atoms with van der Waals surface area (Å²) in [5.41, 5.74) is 0.911. The molecular weight excluding hydrogens is 188 g/mol. The molecule has 1 N–H and O–H groups in total. The fourth-order valence-electron chi connectivity index (χ4n) is 1.08. The second kappa shape index (κ2) is 3.83. The standard InChI is InChI=1S/C8H12N2O2S/c1-5(2)10-7(8(11)12)3-6(4-13)9-10/h3,5,13H,4H2,1-2H3,(H,11,12). The Balaban J connectivity index is 3.15. The number of carboxylic acid groups (broad SMARTS) is 1. The Kier molecular flexibility index (Phi) is 2.98. The maximum atomic E-state index is 10.8. The molecule has 13 heavy (non-hydrogen) atoms. The van der Waals surface area contributed by atoms with E-state index in [0.29, 0.717) is 11.4 Å². The number of thiol groups is 1. The van der Waals surface area contributed by atoms with Gasteiger partial charge in [0.15, 0.2) is 0 Å². The molecule has 4 nitrogen and oxygen atoms in total. The lowest BCUT2D eigenvalue weighted by Crippen LogP contribution is -2.11. The van der Waals surface area contributed by atoms with Gasteiger partial charge in [0.05, 0.1) is 5.69 Å². The molecule has 1 heterocycles. The van der Waals surface area contributed by atoms with Gasteiger partial charge < -0.3 is 5.11 Å². The van der Waals surface area contributed by atoms with Crippen LogP contribution >= 0.6 is 12.6 Å². The van der Waals surface area contributed by atoms with Crippen LogP contribution in [0.2, 0.25) is 0 Å². The highest BCUT2D eigenvalue weighted by molar-refractivity contribution is 7.79. The zero-order valence-electron chi connectivity index (χ0n) is 7.56. The van der Waals surface area contributed by atoms with E-state index in [0.717, 1.165) is 0 Å². The maximum absolute atomic E-state index is 10.8. The van der Waals surface area contributed by atoms with Crippen LogP contribution in [0.4, 0.5) is 0 Å². The zero-order valence-corrected chi connectivity index (χ0v) is 8.45. The Morgan fingerprint density at radius 3 is 2.69 bits per heavy atom. The van der Waals surface area contributed by atoms with Crippen LogP contribution in [0.15, 0.2) is 6.07 Å². The molecule has 0 aliphatic carbocycles. The Bertz CT molecular complexity index is 320. The van der Waals surface area contributed by atoms with Gasteiger partial charge in [0.25, 0.3) is 0 Å². The molecule has 1 aromatic rings. The molecule has 0 amide bonds. The summed E-state index contributed by atoms with van der Waals surface area (Å²) >= 11 is 4.04. The fourth-order valence-corrected chi connectivity index (χ4v) is 1.23. The van der Waals surface area contributed by atoms with E-state index in [-0.39, 0.29) is 11.7 Å². The van der Waals surface area contributed by atoms with Crippen molar-refractivity contribution in [2.75, 3.05) is 0 Å². The quantitative estimate of drug-likeness (QED) is 0.728. The highest BCUT2D eigenvalue weighted by Crippen LogP contribution is 2.12. The number of hydrogen-bond acceptors (Lipinski definition) is 3. The van der Waals surface area contributed by atoms with E-state index in [4.69, 9.17) is 5.11 Å². The third-order valence-corrected chi connectivity index (χ3v) is 1.98. The molecule has 1 aromatic heterocycles. The van der Waals surface area contributed by atoms with Crippen LogP contribution in [0.25, 0.3) is 0 Å². The molecule has 0 aliphatic rings. The summed E-state index contributed by atoms with van der Waals surface area (Å²) < 4.78 is 1.49. The van der Waals surface area contributed by atoms with Crippen molar-refractivity contribution >= 4 is 18.6 Å². The van der Waals surface area contributed by atoms with Crippen molar-refractivity contribution in [2.45, 2.75) is 25.6 Å².